The topological polar surface area (TPSA) is 59.2 Å². The predicted octanol–water partition coefficient (Wildman–Crippen LogP) is 2.44. The summed E-state index contributed by atoms with van der Waals surface area (Å²) < 4.78 is 19.0. The highest BCUT2D eigenvalue weighted by molar-refractivity contribution is 8.00. The Balaban J connectivity index is 2.14. The first-order valence-corrected chi connectivity index (χ1v) is 6.83. The van der Waals surface area contributed by atoms with Crippen LogP contribution in [-0.2, 0) is 4.79 Å². The van der Waals surface area contributed by atoms with Gasteiger partial charge in [0.2, 0.25) is 5.91 Å². The molecular weight excluding hydrogens is 281 g/mol. The van der Waals surface area contributed by atoms with Gasteiger partial charge in [0.1, 0.15) is 5.82 Å². The summed E-state index contributed by atoms with van der Waals surface area (Å²) in [7, 11) is 3.36. The summed E-state index contributed by atoms with van der Waals surface area (Å²) in [4.78, 5) is 13.2. The summed E-state index contributed by atoms with van der Waals surface area (Å²) >= 11 is 1.15. The van der Waals surface area contributed by atoms with Gasteiger partial charge in [-0.1, -0.05) is 23.9 Å². The molecule has 7 heteroatoms. The average molecular weight is 295 g/mol. The molecule has 0 aliphatic carbocycles. The van der Waals surface area contributed by atoms with Crippen molar-refractivity contribution < 1.29 is 13.6 Å². The van der Waals surface area contributed by atoms with Gasteiger partial charge in [-0.2, -0.15) is 0 Å². The Morgan fingerprint density at radius 1 is 1.35 bits per heavy atom. The van der Waals surface area contributed by atoms with Crippen molar-refractivity contribution in [2.75, 3.05) is 14.1 Å². The monoisotopic (exact) mass is 295 g/mol. The van der Waals surface area contributed by atoms with Gasteiger partial charge in [0.25, 0.3) is 11.1 Å². The van der Waals surface area contributed by atoms with Crippen molar-refractivity contribution in [2.24, 2.45) is 0 Å². The van der Waals surface area contributed by atoms with Crippen LogP contribution in [0.1, 0.15) is 6.92 Å². The van der Waals surface area contributed by atoms with Crippen molar-refractivity contribution in [3.63, 3.8) is 0 Å². The van der Waals surface area contributed by atoms with Gasteiger partial charge in [0.15, 0.2) is 0 Å². The molecule has 0 bridgehead atoms. The molecule has 0 radical (unpaired) electrons. The minimum absolute atomic E-state index is 0.0550. The van der Waals surface area contributed by atoms with E-state index in [1.807, 2.05) is 0 Å². The molecule has 1 aromatic heterocycles. The van der Waals surface area contributed by atoms with Crippen molar-refractivity contribution in [1.82, 2.24) is 15.1 Å². The molecule has 0 fully saturated rings. The lowest BCUT2D eigenvalue weighted by atomic mass is 10.2. The van der Waals surface area contributed by atoms with E-state index in [-0.39, 0.29) is 27.8 Å². The van der Waals surface area contributed by atoms with E-state index < -0.39 is 5.82 Å². The highest BCUT2D eigenvalue weighted by Crippen LogP contribution is 2.27. The molecule has 2 aromatic rings. The molecule has 1 amide bonds. The summed E-state index contributed by atoms with van der Waals surface area (Å²) in [5, 5.41) is 7.52. The summed E-state index contributed by atoms with van der Waals surface area (Å²) in [6.45, 7) is 1.75. The number of nitrogens with zero attached hydrogens (tertiary/aromatic N) is 3. The number of thioether (sulfide) groups is 1. The van der Waals surface area contributed by atoms with E-state index in [0.29, 0.717) is 0 Å². The molecule has 20 heavy (non-hydrogen) atoms. The van der Waals surface area contributed by atoms with Crippen LogP contribution >= 0.6 is 11.8 Å². The van der Waals surface area contributed by atoms with Crippen LogP contribution in [0.15, 0.2) is 33.9 Å². The van der Waals surface area contributed by atoms with Gasteiger partial charge in [-0.3, -0.25) is 4.79 Å². The zero-order valence-electron chi connectivity index (χ0n) is 11.3. The molecule has 1 aromatic carbocycles. The van der Waals surface area contributed by atoms with Crippen molar-refractivity contribution in [3.8, 4) is 11.5 Å². The van der Waals surface area contributed by atoms with Gasteiger partial charge in [-0.25, -0.2) is 4.39 Å². The van der Waals surface area contributed by atoms with Crippen LogP contribution in [0.2, 0.25) is 0 Å². The zero-order valence-corrected chi connectivity index (χ0v) is 12.1. The molecule has 0 unspecified atom stereocenters. The number of hydrogen-bond donors (Lipinski definition) is 0. The minimum Gasteiger partial charge on any atom is -0.411 e. The quantitative estimate of drug-likeness (QED) is 0.811. The number of aromatic nitrogens is 2. The van der Waals surface area contributed by atoms with Gasteiger partial charge in [0.05, 0.1) is 10.8 Å². The molecule has 0 aliphatic heterocycles. The van der Waals surface area contributed by atoms with E-state index in [4.69, 9.17) is 4.42 Å². The number of benzene rings is 1. The zero-order chi connectivity index (χ0) is 14.7. The normalized spacial score (nSPS) is 12.2. The summed E-state index contributed by atoms with van der Waals surface area (Å²) in [6, 6.07) is 6.16. The standard InChI is InChI=1S/C13H14FN3O2S/c1-8(12(18)17(2)3)20-13-16-15-11(19-13)9-6-4-5-7-10(9)14/h4-8H,1-3H3/t8-/m1/s1. The molecule has 0 aliphatic rings. The lowest BCUT2D eigenvalue weighted by molar-refractivity contribution is -0.127. The number of carbonyl (C=O) groups excluding carboxylic acids is 1. The summed E-state index contributed by atoms with van der Waals surface area (Å²) in [6.07, 6.45) is 0. The van der Waals surface area contributed by atoms with Crippen LogP contribution in [0, 0.1) is 5.82 Å². The van der Waals surface area contributed by atoms with Crippen LogP contribution in [0.4, 0.5) is 4.39 Å². The predicted molar refractivity (Wildman–Crippen MR) is 73.7 cm³/mol. The fourth-order valence-corrected chi connectivity index (χ4v) is 2.40. The van der Waals surface area contributed by atoms with Gasteiger partial charge in [-0.05, 0) is 19.1 Å². The van der Waals surface area contributed by atoms with Crippen molar-refractivity contribution >= 4 is 17.7 Å². The summed E-state index contributed by atoms with van der Waals surface area (Å²) in [5.74, 6) is -0.374. The third-order valence-electron chi connectivity index (χ3n) is 2.58. The van der Waals surface area contributed by atoms with Gasteiger partial charge < -0.3 is 9.32 Å². The highest BCUT2D eigenvalue weighted by atomic mass is 32.2. The fraction of sp³-hybridized carbons (Fsp3) is 0.308. The maximum absolute atomic E-state index is 13.6. The number of rotatable bonds is 4. The first kappa shape index (κ1) is 14.5. The first-order chi connectivity index (χ1) is 9.49. The van der Waals surface area contributed by atoms with E-state index in [1.165, 1.54) is 11.0 Å². The molecule has 1 atom stereocenters. The molecule has 106 valence electrons. The molecule has 2 rings (SSSR count). The second kappa shape index (κ2) is 6.04. The molecule has 0 N–H and O–H groups in total. The fourth-order valence-electron chi connectivity index (χ4n) is 1.57. The van der Waals surface area contributed by atoms with Crippen LogP contribution in [0.3, 0.4) is 0 Å². The number of amides is 1. The van der Waals surface area contributed by atoms with Crippen LogP contribution in [0.25, 0.3) is 11.5 Å². The Kier molecular flexibility index (Phi) is 4.39. The van der Waals surface area contributed by atoms with E-state index in [1.54, 1.807) is 39.2 Å². The van der Waals surface area contributed by atoms with E-state index in [9.17, 15) is 9.18 Å². The molecule has 0 spiro atoms. The smallest absolute Gasteiger partial charge is 0.277 e. The SMILES string of the molecule is C[C@@H](Sc1nnc(-c2ccccc2F)o1)C(=O)N(C)C. The van der Waals surface area contributed by atoms with Gasteiger partial charge in [-0.15, -0.1) is 10.2 Å². The Bertz CT molecular complexity index is 615. The van der Waals surface area contributed by atoms with E-state index in [0.717, 1.165) is 11.8 Å². The first-order valence-electron chi connectivity index (χ1n) is 5.95. The minimum atomic E-state index is -0.426. The van der Waals surface area contributed by atoms with Crippen LogP contribution < -0.4 is 0 Å². The second-order valence-electron chi connectivity index (χ2n) is 4.35. The van der Waals surface area contributed by atoms with Crippen LogP contribution in [0.5, 0.6) is 0 Å². The van der Waals surface area contributed by atoms with Crippen molar-refractivity contribution in [2.45, 2.75) is 17.4 Å². The maximum atomic E-state index is 13.6. The van der Waals surface area contributed by atoms with Gasteiger partial charge >= 0.3 is 0 Å². The lowest BCUT2D eigenvalue weighted by Crippen LogP contribution is -2.29. The molecular formula is C13H14FN3O2S. The van der Waals surface area contributed by atoms with Gasteiger partial charge in [0, 0.05) is 14.1 Å². The molecule has 0 saturated heterocycles. The average Bonchev–Trinajstić information content (AvgIpc) is 2.86. The number of carbonyl (C=O) groups is 1. The largest absolute Gasteiger partial charge is 0.411 e. The second-order valence-corrected chi connectivity index (χ2v) is 5.64. The van der Waals surface area contributed by atoms with Crippen molar-refractivity contribution in [1.29, 1.82) is 0 Å². The van der Waals surface area contributed by atoms with Crippen LogP contribution in [-0.4, -0.2) is 40.3 Å². The molecule has 1 heterocycles. The van der Waals surface area contributed by atoms with E-state index >= 15 is 0 Å². The molecule has 0 saturated carbocycles. The molecule has 5 nitrogen and oxygen atoms in total. The van der Waals surface area contributed by atoms with E-state index in [2.05, 4.69) is 10.2 Å². The lowest BCUT2D eigenvalue weighted by Gasteiger charge is -2.14. The highest BCUT2D eigenvalue weighted by Gasteiger charge is 2.20. The third-order valence-corrected chi connectivity index (χ3v) is 3.50. The Morgan fingerprint density at radius 2 is 2.05 bits per heavy atom. The Labute approximate surface area is 120 Å². The summed E-state index contributed by atoms with van der Waals surface area (Å²) in [5.41, 5.74) is 0.249. The Morgan fingerprint density at radius 3 is 2.70 bits per heavy atom. The van der Waals surface area contributed by atoms with Crippen molar-refractivity contribution in [3.05, 3.63) is 30.1 Å². The Hall–Kier alpha value is -1.89. The number of halogens is 1. The third kappa shape index (κ3) is 3.16. The maximum Gasteiger partial charge on any atom is 0.277 e. The number of hydrogen-bond acceptors (Lipinski definition) is 5.